The number of alkyl halides is 8. The largest absolute Gasteiger partial charge is 0.402 e. The summed E-state index contributed by atoms with van der Waals surface area (Å²) < 4.78 is 69.9. The summed E-state index contributed by atoms with van der Waals surface area (Å²) in [7, 11) is 0. The molecule has 0 aliphatic carbocycles. The zero-order valence-electron chi connectivity index (χ0n) is 5.18. The van der Waals surface area contributed by atoms with E-state index in [-0.39, 0.29) is 0 Å². The van der Waals surface area contributed by atoms with Gasteiger partial charge >= 0.3 is 12.4 Å². The fourth-order valence-electron chi connectivity index (χ4n) is 0.332. The van der Waals surface area contributed by atoms with E-state index in [0.717, 1.165) is 0 Å². The molecule has 2 atom stereocenters. The minimum Gasteiger partial charge on any atom is -0.170 e. The van der Waals surface area contributed by atoms with Gasteiger partial charge in [0.25, 0.3) is 0 Å². The van der Waals surface area contributed by atoms with Gasteiger partial charge in [0.05, 0.1) is 0 Å². The summed E-state index contributed by atoms with van der Waals surface area (Å²) >= 11 is 3.82. The molecule has 0 fully saturated rings. The van der Waals surface area contributed by atoms with Crippen molar-refractivity contribution in [2.24, 2.45) is 0 Å². The highest BCUT2D eigenvalue weighted by Crippen LogP contribution is 2.39. The van der Waals surface area contributed by atoms with Crippen LogP contribution in [0.25, 0.3) is 0 Å². The molecular weight excluding hydrogens is 322 g/mol. The molecule has 0 aliphatic heterocycles. The molecule has 0 aromatic heterocycles. The highest BCUT2D eigenvalue weighted by molar-refractivity contribution is 9.12. The predicted molar refractivity (Wildman–Crippen MR) is 37.5 cm³/mol. The second-order valence-corrected chi connectivity index (χ2v) is 3.86. The van der Waals surface area contributed by atoms with E-state index in [0.29, 0.717) is 0 Å². The van der Waals surface area contributed by atoms with Crippen molar-refractivity contribution in [1.82, 2.24) is 0 Å². The van der Waals surface area contributed by atoms with Crippen LogP contribution in [0.1, 0.15) is 0 Å². The van der Waals surface area contributed by atoms with Gasteiger partial charge in [0.1, 0.15) is 9.65 Å². The van der Waals surface area contributed by atoms with Gasteiger partial charge < -0.3 is 0 Å². The van der Waals surface area contributed by atoms with Crippen molar-refractivity contribution in [3.8, 4) is 0 Å². The van der Waals surface area contributed by atoms with Gasteiger partial charge in [0.15, 0.2) is 0 Å². The first kappa shape index (κ1) is 12.5. The van der Waals surface area contributed by atoms with E-state index >= 15 is 0 Å². The first-order valence-corrected chi connectivity index (χ1v) is 4.31. The van der Waals surface area contributed by atoms with Gasteiger partial charge in [-0.05, 0) is 0 Å². The zero-order valence-corrected chi connectivity index (χ0v) is 8.35. The van der Waals surface area contributed by atoms with Crippen LogP contribution in [0.5, 0.6) is 0 Å². The third-order valence-corrected chi connectivity index (χ3v) is 3.69. The maximum absolute atomic E-state index is 11.7. The van der Waals surface area contributed by atoms with E-state index in [9.17, 15) is 26.3 Å². The lowest BCUT2D eigenvalue weighted by molar-refractivity contribution is -0.171. The molecular formula is C4H2Br2F6. The Balaban J connectivity index is 4.41. The Bertz CT molecular complexity index is 131. The Labute approximate surface area is 80.6 Å². The van der Waals surface area contributed by atoms with Crippen LogP contribution in [0.3, 0.4) is 0 Å². The topological polar surface area (TPSA) is 0 Å². The van der Waals surface area contributed by atoms with Crippen molar-refractivity contribution in [2.75, 3.05) is 0 Å². The lowest BCUT2D eigenvalue weighted by Gasteiger charge is -2.21. The van der Waals surface area contributed by atoms with Crippen LogP contribution in [0.4, 0.5) is 26.3 Å². The first-order valence-electron chi connectivity index (χ1n) is 2.48. The van der Waals surface area contributed by atoms with Crippen molar-refractivity contribution in [3.05, 3.63) is 0 Å². The molecule has 0 bridgehead atoms. The summed E-state index contributed by atoms with van der Waals surface area (Å²) in [4.78, 5) is -5.24. The molecule has 0 amide bonds. The fraction of sp³-hybridized carbons (Fsp3) is 1.00. The van der Waals surface area contributed by atoms with Crippen LogP contribution in [-0.2, 0) is 0 Å². The third kappa shape index (κ3) is 3.51. The van der Waals surface area contributed by atoms with Crippen molar-refractivity contribution < 1.29 is 26.3 Å². The molecule has 0 radical (unpaired) electrons. The Kier molecular flexibility index (Phi) is 3.90. The van der Waals surface area contributed by atoms with E-state index in [1.807, 2.05) is 31.9 Å². The molecule has 0 saturated carbocycles. The highest BCUT2D eigenvalue weighted by Gasteiger charge is 2.52. The lowest BCUT2D eigenvalue weighted by Crippen LogP contribution is -2.40. The van der Waals surface area contributed by atoms with Crippen molar-refractivity contribution in [1.29, 1.82) is 0 Å². The lowest BCUT2D eigenvalue weighted by atomic mass is 10.3. The number of halogens is 8. The van der Waals surface area contributed by atoms with E-state index < -0.39 is 22.0 Å². The first-order chi connectivity index (χ1) is 5.07. The summed E-state index contributed by atoms with van der Waals surface area (Å²) in [5.41, 5.74) is 0. The normalized spacial score (nSPS) is 19.0. The molecule has 0 aromatic carbocycles. The molecule has 0 heterocycles. The molecule has 0 saturated heterocycles. The van der Waals surface area contributed by atoms with Gasteiger partial charge in [-0.1, -0.05) is 31.9 Å². The predicted octanol–water partition coefficient (Wildman–Crippen LogP) is 3.64. The Morgan fingerprint density at radius 3 is 0.917 bits per heavy atom. The molecule has 0 aliphatic rings. The minimum absolute atomic E-state index is 1.91. The van der Waals surface area contributed by atoms with Crippen molar-refractivity contribution >= 4 is 31.9 Å². The van der Waals surface area contributed by atoms with E-state index in [1.165, 1.54) is 0 Å². The smallest absolute Gasteiger partial charge is 0.170 e. The Morgan fingerprint density at radius 2 is 0.833 bits per heavy atom. The van der Waals surface area contributed by atoms with Crippen LogP contribution in [0, 0.1) is 0 Å². The molecule has 0 spiro atoms. The average molecular weight is 324 g/mol. The Morgan fingerprint density at radius 1 is 0.667 bits per heavy atom. The van der Waals surface area contributed by atoms with Crippen molar-refractivity contribution in [3.63, 3.8) is 0 Å². The minimum atomic E-state index is -4.91. The van der Waals surface area contributed by atoms with Crippen LogP contribution < -0.4 is 0 Å². The molecule has 0 rings (SSSR count). The van der Waals surface area contributed by atoms with E-state index in [4.69, 9.17) is 0 Å². The zero-order chi connectivity index (χ0) is 10.2. The summed E-state index contributed by atoms with van der Waals surface area (Å²) in [6.45, 7) is 0. The molecule has 0 aromatic rings. The molecule has 8 heteroatoms. The van der Waals surface area contributed by atoms with Gasteiger partial charge in [0.2, 0.25) is 0 Å². The van der Waals surface area contributed by atoms with Crippen LogP contribution in [0.15, 0.2) is 0 Å². The van der Waals surface area contributed by atoms with Crippen LogP contribution >= 0.6 is 31.9 Å². The van der Waals surface area contributed by atoms with Crippen LogP contribution in [0.2, 0.25) is 0 Å². The number of hydrogen-bond acceptors (Lipinski definition) is 0. The van der Waals surface area contributed by atoms with Gasteiger partial charge in [-0.15, -0.1) is 0 Å². The van der Waals surface area contributed by atoms with Crippen LogP contribution in [-0.4, -0.2) is 22.0 Å². The van der Waals surface area contributed by atoms with Crippen molar-refractivity contribution in [2.45, 2.75) is 22.0 Å². The summed E-state index contributed by atoms with van der Waals surface area (Å²) in [5, 5.41) is 0. The monoisotopic (exact) mass is 322 g/mol. The molecule has 0 N–H and O–H groups in total. The fourth-order valence-corrected chi connectivity index (χ4v) is 0.931. The Hall–Kier alpha value is 0.540. The second-order valence-electron chi connectivity index (χ2n) is 1.89. The average Bonchev–Trinajstić information content (AvgIpc) is 1.80. The molecule has 12 heavy (non-hydrogen) atoms. The van der Waals surface area contributed by atoms with Gasteiger partial charge in [0, 0.05) is 0 Å². The van der Waals surface area contributed by atoms with Gasteiger partial charge in [-0.3, -0.25) is 0 Å². The van der Waals surface area contributed by atoms with E-state index in [1.54, 1.807) is 0 Å². The maximum atomic E-state index is 11.7. The quantitative estimate of drug-likeness (QED) is 0.510. The second kappa shape index (κ2) is 3.73. The summed E-state index contributed by atoms with van der Waals surface area (Å²) in [6, 6.07) is 0. The highest BCUT2D eigenvalue weighted by atomic mass is 79.9. The van der Waals surface area contributed by atoms with Gasteiger partial charge in [-0.25, -0.2) is 0 Å². The molecule has 0 unspecified atom stereocenters. The van der Waals surface area contributed by atoms with Gasteiger partial charge in [-0.2, -0.15) is 26.3 Å². The summed E-state index contributed by atoms with van der Waals surface area (Å²) in [6.07, 6.45) is -9.83. The van der Waals surface area contributed by atoms with E-state index in [2.05, 4.69) is 0 Å². The molecule has 74 valence electrons. The summed E-state index contributed by atoms with van der Waals surface area (Å²) in [5.74, 6) is 0. The SMILES string of the molecule is FC(F)(F)[C@H](Br)[C@@H](Br)C(F)(F)F. The standard InChI is InChI=1S/C4H2Br2F6/c5-1(3(7,8)9)2(6)4(10,11)12/h1-2H/t1-,2-/m1/s1. The maximum Gasteiger partial charge on any atom is 0.402 e. The third-order valence-electron chi connectivity index (χ3n) is 0.882. The molecule has 0 nitrogen and oxygen atoms in total. The number of rotatable bonds is 1. The number of hydrogen-bond donors (Lipinski definition) is 0.